The number of halogens is 1. The van der Waals surface area contributed by atoms with Crippen molar-refractivity contribution in [3.63, 3.8) is 0 Å². The number of anilines is 4. The minimum absolute atomic E-state index is 0.0119. The van der Waals surface area contributed by atoms with E-state index in [1.54, 1.807) is 25.1 Å². The average Bonchev–Trinajstić information content (AvgIpc) is 3.52. The van der Waals surface area contributed by atoms with Gasteiger partial charge in [-0.05, 0) is 88.2 Å². The molecule has 0 saturated carbocycles. The molecule has 1 fully saturated rings. The Morgan fingerprint density at radius 3 is 2.52 bits per heavy atom. The Morgan fingerprint density at radius 1 is 1.02 bits per heavy atom. The molecule has 3 heterocycles. The van der Waals surface area contributed by atoms with Gasteiger partial charge in [-0.15, -0.1) is 0 Å². The number of benzene rings is 3. The first-order chi connectivity index (χ1) is 24.1. The van der Waals surface area contributed by atoms with Crippen molar-refractivity contribution < 1.29 is 23.2 Å². The second kappa shape index (κ2) is 14.9. The standard InChI is InChI=1S/C37H41FN8O4/c1-22-8-7-9-23(2)34(22)42-35(47)28-20-39-37(41-27-12-13-30(29(38)19-27)46-17-16-45(5)24(3)21-46)43-36(28)49-31-14-10-26(18-32(31)48-6)11-15-33-40-25(4)44-50-33/h7-10,12-14,18-20,24H,11,15-17,21H2,1-6H3,(H,42,47)(H,39,41,43). The number of ether oxygens (including phenoxy) is 2. The number of aryl methyl sites for hydroxylation is 5. The van der Waals surface area contributed by atoms with E-state index in [0.717, 1.165) is 36.3 Å². The van der Waals surface area contributed by atoms with Crippen LogP contribution in [0, 0.1) is 26.6 Å². The van der Waals surface area contributed by atoms with E-state index in [1.807, 2.05) is 44.2 Å². The number of nitrogens with zero attached hydrogens (tertiary/aromatic N) is 6. The number of para-hydroxylation sites is 1. The summed E-state index contributed by atoms with van der Waals surface area (Å²) >= 11 is 0. The Balaban J connectivity index is 1.27. The zero-order valence-corrected chi connectivity index (χ0v) is 29.1. The molecular weight excluding hydrogens is 639 g/mol. The Morgan fingerprint density at radius 2 is 1.82 bits per heavy atom. The van der Waals surface area contributed by atoms with Gasteiger partial charge in [0.1, 0.15) is 11.4 Å². The highest BCUT2D eigenvalue weighted by atomic mass is 19.1. The van der Waals surface area contributed by atoms with Crippen molar-refractivity contribution in [2.75, 3.05) is 49.3 Å². The molecule has 1 saturated heterocycles. The molecule has 2 aromatic heterocycles. The van der Waals surface area contributed by atoms with Gasteiger partial charge >= 0.3 is 0 Å². The van der Waals surface area contributed by atoms with Gasteiger partial charge in [-0.25, -0.2) is 9.37 Å². The molecule has 1 aliphatic rings. The molecular formula is C37H41FN8O4. The number of amides is 1. The summed E-state index contributed by atoms with van der Waals surface area (Å²) in [6, 6.07) is 16.5. The van der Waals surface area contributed by atoms with Crippen molar-refractivity contribution in [1.82, 2.24) is 25.0 Å². The highest BCUT2D eigenvalue weighted by molar-refractivity contribution is 6.06. The topological polar surface area (TPSA) is 131 Å². The minimum Gasteiger partial charge on any atom is -0.493 e. The summed E-state index contributed by atoms with van der Waals surface area (Å²) in [5.41, 5.74) is 4.55. The van der Waals surface area contributed by atoms with Crippen molar-refractivity contribution in [3.8, 4) is 17.4 Å². The maximum absolute atomic E-state index is 15.4. The van der Waals surface area contributed by atoms with E-state index in [-0.39, 0.29) is 23.2 Å². The minimum atomic E-state index is -0.453. The summed E-state index contributed by atoms with van der Waals surface area (Å²) in [6.07, 6.45) is 2.58. The van der Waals surface area contributed by atoms with Gasteiger partial charge in [0.05, 0.1) is 12.8 Å². The van der Waals surface area contributed by atoms with Crippen LogP contribution in [0.1, 0.15) is 45.7 Å². The molecule has 0 radical (unpaired) electrons. The lowest BCUT2D eigenvalue weighted by Gasteiger charge is -2.39. The van der Waals surface area contributed by atoms with Crippen molar-refractivity contribution in [1.29, 1.82) is 0 Å². The average molecular weight is 681 g/mol. The number of hydrogen-bond acceptors (Lipinski definition) is 11. The van der Waals surface area contributed by atoms with Gasteiger partial charge in [0, 0.05) is 49.7 Å². The third-order valence-corrected chi connectivity index (χ3v) is 8.85. The zero-order chi connectivity index (χ0) is 35.4. The van der Waals surface area contributed by atoms with Gasteiger partial charge in [-0.1, -0.05) is 29.4 Å². The molecule has 0 bridgehead atoms. The number of carbonyl (C=O) groups is 1. The van der Waals surface area contributed by atoms with Gasteiger partial charge < -0.3 is 34.4 Å². The summed E-state index contributed by atoms with van der Waals surface area (Å²) in [6.45, 7) is 10.1. The molecule has 50 heavy (non-hydrogen) atoms. The van der Waals surface area contributed by atoms with Gasteiger partial charge in [-0.3, -0.25) is 4.79 Å². The molecule has 1 aliphatic heterocycles. The van der Waals surface area contributed by atoms with Crippen molar-refractivity contribution in [2.24, 2.45) is 0 Å². The fraction of sp³-hybridized carbons (Fsp3) is 0.324. The Labute approximate surface area is 290 Å². The third-order valence-electron chi connectivity index (χ3n) is 8.85. The summed E-state index contributed by atoms with van der Waals surface area (Å²) < 4.78 is 32.6. The molecule has 13 heteroatoms. The zero-order valence-electron chi connectivity index (χ0n) is 29.1. The summed E-state index contributed by atoms with van der Waals surface area (Å²) in [7, 11) is 3.61. The molecule has 2 N–H and O–H groups in total. The van der Waals surface area contributed by atoms with Gasteiger partial charge in [0.25, 0.3) is 5.91 Å². The second-order valence-electron chi connectivity index (χ2n) is 12.5. The fourth-order valence-electron chi connectivity index (χ4n) is 5.84. The maximum atomic E-state index is 15.4. The molecule has 12 nitrogen and oxygen atoms in total. The van der Waals surface area contributed by atoms with Crippen LogP contribution in [-0.4, -0.2) is 70.7 Å². The van der Waals surface area contributed by atoms with Gasteiger partial charge in [0.2, 0.25) is 17.7 Å². The highest BCUT2D eigenvalue weighted by Crippen LogP contribution is 2.35. The number of nitrogens with one attached hydrogen (secondary N) is 2. The molecule has 260 valence electrons. The first-order valence-electron chi connectivity index (χ1n) is 16.5. The number of likely N-dealkylation sites (N-methyl/N-ethyl adjacent to an activating group) is 1. The lowest BCUT2D eigenvalue weighted by Crippen LogP contribution is -2.50. The lowest BCUT2D eigenvalue weighted by molar-refractivity contribution is 0.102. The summed E-state index contributed by atoms with van der Waals surface area (Å²) in [5, 5.41) is 9.90. The summed E-state index contributed by atoms with van der Waals surface area (Å²) in [4.78, 5) is 31.3. The van der Waals surface area contributed by atoms with E-state index in [1.165, 1.54) is 19.4 Å². The van der Waals surface area contributed by atoms with E-state index in [2.05, 4.69) is 54.5 Å². The molecule has 0 aliphatic carbocycles. The number of rotatable bonds is 11. The lowest BCUT2D eigenvalue weighted by atomic mass is 10.1. The number of methoxy groups -OCH3 is 1. The molecule has 1 atom stereocenters. The highest BCUT2D eigenvalue weighted by Gasteiger charge is 2.24. The van der Waals surface area contributed by atoms with Crippen LogP contribution in [0.4, 0.5) is 27.4 Å². The molecule has 0 spiro atoms. The Hall–Kier alpha value is -5.56. The van der Waals surface area contributed by atoms with E-state index in [0.29, 0.717) is 59.2 Å². The van der Waals surface area contributed by atoms with Crippen LogP contribution in [-0.2, 0) is 12.8 Å². The quantitative estimate of drug-likeness (QED) is 0.156. The predicted molar refractivity (Wildman–Crippen MR) is 189 cm³/mol. The SMILES string of the molecule is COc1cc(CCc2nc(C)no2)ccc1Oc1nc(Nc2ccc(N3CCN(C)C(C)C3)c(F)c2)ncc1C(=O)Nc1c(C)cccc1C. The van der Waals surface area contributed by atoms with Crippen LogP contribution in [0.15, 0.2) is 65.3 Å². The van der Waals surface area contributed by atoms with Crippen LogP contribution >= 0.6 is 0 Å². The number of carbonyl (C=O) groups excluding carboxylic acids is 1. The van der Waals surface area contributed by atoms with E-state index >= 15 is 4.39 Å². The molecule has 1 amide bonds. The first-order valence-corrected chi connectivity index (χ1v) is 16.5. The fourth-order valence-corrected chi connectivity index (χ4v) is 5.84. The number of hydrogen-bond donors (Lipinski definition) is 2. The van der Waals surface area contributed by atoms with Crippen LogP contribution in [0.5, 0.6) is 17.4 Å². The monoisotopic (exact) mass is 680 g/mol. The summed E-state index contributed by atoms with van der Waals surface area (Å²) in [5.74, 6) is 1.21. The smallest absolute Gasteiger partial charge is 0.262 e. The molecule has 1 unspecified atom stereocenters. The predicted octanol–water partition coefficient (Wildman–Crippen LogP) is 6.65. The van der Waals surface area contributed by atoms with Crippen LogP contribution in [0.25, 0.3) is 0 Å². The normalized spacial score (nSPS) is 14.8. The third kappa shape index (κ3) is 7.84. The molecule has 5 aromatic rings. The van der Waals surface area contributed by atoms with Crippen molar-refractivity contribution in [2.45, 2.75) is 46.6 Å². The largest absolute Gasteiger partial charge is 0.493 e. The maximum Gasteiger partial charge on any atom is 0.262 e. The van der Waals surface area contributed by atoms with E-state index in [4.69, 9.17) is 14.0 Å². The number of piperazine rings is 1. The Bertz CT molecular complexity index is 1980. The molecule has 6 rings (SSSR count). The van der Waals surface area contributed by atoms with Crippen molar-refractivity contribution >= 4 is 28.9 Å². The van der Waals surface area contributed by atoms with E-state index < -0.39 is 5.91 Å². The Kier molecular flexibility index (Phi) is 10.2. The van der Waals surface area contributed by atoms with Crippen LogP contribution < -0.4 is 25.0 Å². The van der Waals surface area contributed by atoms with Crippen LogP contribution in [0.2, 0.25) is 0 Å². The second-order valence-corrected chi connectivity index (χ2v) is 12.5. The number of aromatic nitrogens is 4. The first kappa shape index (κ1) is 34.3. The van der Waals surface area contributed by atoms with Gasteiger partial charge in [-0.2, -0.15) is 9.97 Å². The van der Waals surface area contributed by atoms with Gasteiger partial charge in [0.15, 0.2) is 17.3 Å². The van der Waals surface area contributed by atoms with Crippen LogP contribution in [0.3, 0.4) is 0 Å². The molecule has 3 aromatic carbocycles. The van der Waals surface area contributed by atoms with Crippen molar-refractivity contribution in [3.05, 3.63) is 101 Å². The van der Waals surface area contributed by atoms with E-state index in [9.17, 15) is 4.79 Å².